The van der Waals surface area contributed by atoms with Gasteiger partial charge in [0.25, 0.3) is 0 Å². The maximum atomic E-state index is 5.59. The third-order valence-electron chi connectivity index (χ3n) is 3.59. The van der Waals surface area contributed by atoms with Gasteiger partial charge in [0.1, 0.15) is 0 Å². The van der Waals surface area contributed by atoms with Gasteiger partial charge in [-0.1, -0.05) is 27.7 Å². The molecule has 17 heavy (non-hydrogen) atoms. The van der Waals surface area contributed by atoms with Gasteiger partial charge >= 0.3 is 0 Å². The smallest absolute Gasteiger partial charge is 0.0700 e. The molecule has 1 N–H and O–H groups in total. The molecule has 0 rings (SSSR count). The van der Waals surface area contributed by atoms with Gasteiger partial charge in [0, 0.05) is 26.3 Å². The van der Waals surface area contributed by atoms with Crippen LogP contribution < -0.4 is 5.32 Å². The molecule has 104 valence electrons. The maximum absolute atomic E-state index is 5.59. The van der Waals surface area contributed by atoms with Crippen LogP contribution in [0.3, 0.4) is 0 Å². The summed E-state index contributed by atoms with van der Waals surface area (Å²) in [6.07, 6.45) is 3.54. The molecule has 0 heterocycles. The normalized spacial score (nSPS) is 12.4. The monoisotopic (exact) mass is 245 g/mol. The molecule has 0 aromatic heterocycles. The van der Waals surface area contributed by atoms with Crippen molar-refractivity contribution in [3.8, 4) is 0 Å². The molecule has 0 aliphatic heterocycles. The summed E-state index contributed by atoms with van der Waals surface area (Å²) in [6.45, 7) is 12.3. The Hall–Kier alpha value is -0.120. The van der Waals surface area contributed by atoms with Crippen LogP contribution in [0.2, 0.25) is 0 Å². The molecule has 0 fully saturated rings. The Morgan fingerprint density at radius 2 is 1.71 bits per heavy atom. The van der Waals surface area contributed by atoms with Crippen molar-refractivity contribution in [3.05, 3.63) is 0 Å². The standard InChI is InChI=1S/C14H31NO2/c1-6-14(7-2,12-15-13(3)4)8-9-17-11-10-16-5/h13,15H,6-12H2,1-5H3. The van der Waals surface area contributed by atoms with Crippen molar-refractivity contribution in [3.63, 3.8) is 0 Å². The highest BCUT2D eigenvalue weighted by molar-refractivity contribution is 4.79. The van der Waals surface area contributed by atoms with Crippen LogP contribution in [-0.2, 0) is 9.47 Å². The van der Waals surface area contributed by atoms with Crippen LogP contribution in [-0.4, -0.2) is 39.5 Å². The van der Waals surface area contributed by atoms with Crippen molar-refractivity contribution in [2.24, 2.45) is 5.41 Å². The fourth-order valence-corrected chi connectivity index (χ4v) is 1.90. The minimum absolute atomic E-state index is 0.386. The molecule has 0 unspecified atom stereocenters. The van der Waals surface area contributed by atoms with E-state index in [2.05, 4.69) is 33.0 Å². The maximum Gasteiger partial charge on any atom is 0.0700 e. The van der Waals surface area contributed by atoms with Crippen molar-refractivity contribution in [2.75, 3.05) is 33.5 Å². The van der Waals surface area contributed by atoms with Gasteiger partial charge in [-0.25, -0.2) is 0 Å². The van der Waals surface area contributed by atoms with Crippen LogP contribution in [0.4, 0.5) is 0 Å². The summed E-state index contributed by atoms with van der Waals surface area (Å²) < 4.78 is 10.6. The number of ether oxygens (including phenoxy) is 2. The second kappa shape index (κ2) is 9.86. The lowest BCUT2D eigenvalue weighted by Gasteiger charge is -2.33. The van der Waals surface area contributed by atoms with E-state index in [0.717, 1.165) is 19.6 Å². The predicted molar refractivity (Wildman–Crippen MR) is 73.5 cm³/mol. The summed E-state index contributed by atoms with van der Waals surface area (Å²) >= 11 is 0. The van der Waals surface area contributed by atoms with Crippen molar-refractivity contribution in [1.29, 1.82) is 0 Å². The van der Waals surface area contributed by atoms with Gasteiger partial charge in [0.2, 0.25) is 0 Å². The second-order valence-electron chi connectivity index (χ2n) is 5.10. The zero-order valence-corrected chi connectivity index (χ0v) is 12.3. The Morgan fingerprint density at radius 3 is 2.18 bits per heavy atom. The molecule has 0 bridgehead atoms. The van der Waals surface area contributed by atoms with E-state index in [-0.39, 0.29) is 0 Å². The number of methoxy groups -OCH3 is 1. The van der Waals surface area contributed by atoms with E-state index in [1.807, 2.05) is 0 Å². The number of nitrogens with one attached hydrogen (secondary N) is 1. The van der Waals surface area contributed by atoms with Crippen molar-refractivity contribution < 1.29 is 9.47 Å². The molecule has 0 amide bonds. The molecule has 0 radical (unpaired) electrons. The van der Waals surface area contributed by atoms with Crippen LogP contribution in [0.1, 0.15) is 47.0 Å². The zero-order chi connectivity index (χ0) is 13.1. The van der Waals surface area contributed by atoms with Crippen LogP contribution >= 0.6 is 0 Å². The lowest BCUT2D eigenvalue weighted by molar-refractivity contribution is 0.0482. The van der Waals surface area contributed by atoms with Crippen LogP contribution in [0.5, 0.6) is 0 Å². The largest absolute Gasteiger partial charge is 0.382 e. The first-order valence-corrected chi connectivity index (χ1v) is 6.90. The van der Waals surface area contributed by atoms with Crippen molar-refractivity contribution in [1.82, 2.24) is 5.32 Å². The highest BCUT2D eigenvalue weighted by Gasteiger charge is 2.25. The summed E-state index contributed by atoms with van der Waals surface area (Å²) in [5, 5.41) is 3.56. The summed E-state index contributed by atoms with van der Waals surface area (Å²) in [6, 6.07) is 0.557. The summed E-state index contributed by atoms with van der Waals surface area (Å²) in [7, 11) is 1.71. The van der Waals surface area contributed by atoms with Gasteiger partial charge in [-0.15, -0.1) is 0 Å². The van der Waals surface area contributed by atoms with E-state index >= 15 is 0 Å². The van der Waals surface area contributed by atoms with Crippen LogP contribution in [0.15, 0.2) is 0 Å². The lowest BCUT2D eigenvalue weighted by atomic mass is 9.79. The Balaban J connectivity index is 3.93. The van der Waals surface area contributed by atoms with E-state index in [1.54, 1.807) is 7.11 Å². The third-order valence-corrected chi connectivity index (χ3v) is 3.59. The number of hydrogen-bond donors (Lipinski definition) is 1. The molecule has 3 heteroatoms. The fraction of sp³-hybridized carbons (Fsp3) is 1.00. The molecule has 0 atom stereocenters. The average Bonchev–Trinajstić information content (AvgIpc) is 2.33. The third kappa shape index (κ3) is 7.74. The first-order chi connectivity index (χ1) is 8.10. The number of hydrogen-bond acceptors (Lipinski definition) is 3. The molecule has 0 aliphatic rings. The topological polar surface area (TPSA) is 30.5 Å². The van der Waals surface area contributed by atoms with Crippen LogP contribution in [0, 0.1) is 5.41 Å². The Bertz CT molecular complexity index is 168. The average molecular weight is 245 g/mol. The van der Waals surface area contributed by atoms with Gasteiger partial charge in [-0.3, -0.25) is 0 Å². The van der Waals surface area contributed by atoms with E-state index in [1.165, 1.54) is 12.8 Å². The minimum Gasteiger partial charge on any atom is -0.382 e. The van der Waals surface area contributed by atoms with E-state index in [9.17, 15) is 0 Å². The lowest BCUT2D eigenvalue weighted by Crippen LogP contribution is -2.37. The summed E-state index contributed by atoms with van der Waals surface area (Å²) in [5.41, 5.74) is 0.386. The fourth-order valence-electron chi connectivity index (χ4n) is 1.90. The predicted octanol–water partition coefficient (Wildman–Crippen LogP) is 2.84. The Kier molecular flexibility index (Phi) is 9.79. The van der Waals surface area contributed by atoms with Gasteiger partial charge < -0.3 is 14.8 Å². The molecular weight excluding hydrogens is 214 g/mol. The Labute approximate surface area is 107 Å². The van der Waals surface area contributed by atoms with Crippen molar-refractivity contribution in [2.45, 2.75) is 53.0 Å². The Morgan fingerprint density at radius 1 is 1.06 bits per heavy atom. The molecule has 0 saturated heterocycles. The number of rotatable bonds is 11. The summed E-state index contributed by atoms with van der Waals surface area (Å²) in [5.74, 6) is 0. The molecular formula is C14H31NO2. The summed E-state index contributed by atoms with van der Waals surface area (Å²) in [4.78, 5) is 0. The molecule has 0 spiro atoms. The highest BCUT2D eigenvalue weighted by atomic mass is 16.5. The van der Waals surface area contributed by atoms with Gasteiger partial charge in [0.05, 0.1) is 13.2 Å². The van der Waals surface area contributed by atoms with Gasteiger partial charge in [0.15, 0.2) is 0 Å². The first kappa shape index (κ1) is 16.9. The molecule has 0 saturated carbocycles. The van der Waals surface area contributed by atoms with E-state index in [0.29, 0.717) is 24.7 Å². The highest BCUT2D eigenvalue weighted by Crippen LogP contribution is 2.29. The minimum atomic E-state index is 0.386. The molecule has 3 nitrogen and oxygen atoms in total. The zero-order valence-electron chi connectivity index (χ0n) is 12.3. The quantitative estimate of drug-likeness (QED) is 0.568. The second-order valence-corrected chi connectivity index (χ2v) is 5.10. The molecule has 0 aromatic carbocycles. The molecule has 0 aliphatic carbocycles. The van der Waals surface area contributed by atoms with E-state index in [4.69, 9.17) is 9.47 Å². The molecule has 0 aromatic rings. The SMILES string of the molecule is CCC(CC)(CCOCCOC)CNC(C)C. The van der Waals surface area contributed by atoms with Gasteiger partial charge in [-0.05, 0) is 24.7 Å². The van der Waals surface area contributed by atoms with Gasteiger partial charge in [-0.2, -0.15) is 0 Å². The van der Waals surface area contributed by atoms with Crippen molar-refractivity contribution >= 4 is 0 Å². The first-order valence-electron chi connectivity index (χ1n) is 6.90. The van der Waals surface area contributed by atoms with Crippen LogP contribution in [0.25, 0.3) is 0 Å². The van der Waals surface area contributed by atoms with E-state index < -0.39 is 0 Å².